The lowest BCUT2D eigenvalue weighted by molar-refractivity contribution is -0.133. The van der Waals surface area contributed by atoms with Gasteiger partial charge in [-0.15, -0.1) is 0 Å². The van der Waals surface area contributed by atoms with E-state index in [1.807, 2.05) is 11.5 Å². The first kappa shape index (κ1) is 16.1. The Morgan fingerprint density at radius 3 is 2.95 bits per heavy atom. The number of benzene rings is 1. The highest BCUT2D eigenvalue weighted by Crippen LogP contribution is 2.31. The second kappa shape index (κ2) is 6.64. The molecule has 0 saturated carbocycles. The van der Waals surface area contributed by atoms with Gasteiger partial charge in [0.2, 0.25) is 0 Å². The van der Waals surface area contributed by atoms with Crippen LogP contribution in [0.25, 0.3) is 11.0 Å². The first-order valence-corrected chi connectivity index (χ1v) is 7.51. The molecule has 0 amide bonds. The number of fused-ring (bicyclic) bond motifs is 1. The molecular weight excluding hydrogens is 319 g/mol. The summed E-state index contributed by atoms with van der Waals surface area (Å²) >= 11 is 6.91. The highest BCUT2D eigenvalue weighted by atomic mass is 35.5. The summed E-state index contributed by atoms with van der Waals surface area (Å²) in [4.78, 5) is 15.0. The van der Waals surface area contributed by atoms with Crippen LogP contribution in [0.15, 0.2) is 17.3 Å². The molecule has 1 aromatic carbocycles. The van der Waals surface area contributed by atoms with Crippen LogP contribution in [-0.4, -0.2) is 40.1 Å². The minimum Gasteiger partial charge on any atom is -0.481 e. The van der Waals surface area contributed by atoms with Crippen molar-refractivity contribution in [2.24, 2.45) is 0 Å². The van der Waals surface area contributed by atoms with Gasteiger partial charge in [0.05, 0.1) is 34.5 Å². The standard InChI is InChI=1S/C13H14ClFN2O3S/c1-7(5-20-2)17-11-3-8(14)9(15)4-10(11)16-13(17)21-6-12(18)19/h3-4,7H,5-6H2,1-2H3,(H,18,19). The third-order valence-corrected chi connectivity index (χ3v) is 4.10. The van der Waals surface area contributed by atoms with Gasteiger partial charge in [-0.1, -0.05) is 23.4 Å². The van der Waals surface area contributed by atoms with E-state index in [1.165, 1.54) is 12.1 Å². The molecule has 2 rings (SSSR count). The van der Waals surface area contributed by atoms with Crippen LogP contribution >= 0.6 is 23.4 Å². The summed E-state index contributed by atoms with van der Waals surface area (Å²) in [7, 11) is 1.58. The molecule has 0 saturated heterocycles. The number of rotatable bonds is 6. The predicted molar refractivity (Wildman–Crippen MR) is 79.6 cm³/mol. The van der Waals surface area contributed by atoms with Crippen LogP contribution in [0.5, 0.6) is 0 Å². The van der Waals surface area contributed by atoms with E-state index in [1.54, 1.807) is 7.11 Å². The van der Waals surface area contributed by atoms with E-state index in [-0.39, 0.29) is 16.8 Å². The Morgan fingerprint density at radius 1 is 1.62 bits per heavy atom. The molecule has 114 valence electrons. The van der Waals surface area contributed by atoms with Gasteiger partial charge in [0.25, 0.3) is 0 Å². The molecule has 0 fully saturated rings. The predicted octanol–water partition coefficient (Wildman–Crippen LogP) is 3.21. The molecule has 2 aromatic rings. The zero-order valence-corrected chi connectivity index (χ0v) is 13.0. The Labute approximate surface area is 130 Å². The van der Waals surface area contributed by atoms with E-state index < -0.39 is 11.8 Å². The average molecular weight is 333 g/mol. The fourth-order valence-electron chi connectivity index (χ4n) is 2.04. The topological polar surface area (TPSA) is 64.3 Å². The summed E-state index contributed by atoms with van der Waals surface area (Å²) in [6.07, 6.45) is 0. The summed E-state index contributed by atoms with van der Waals surface area (Å²) < 4.78 is 20.5. The molecule has 0 radical (unpaired) electrons. The van der Waals surface area contributed by atoms with Crippen LogP contribution in [0.3, 0.4) is 0 Å². The second-order valence-electron chi connectivity index (χ2n) is 4.51. The number of aromatic nitrogens is 2. The fourth-order valence-corrected chi connectivity index (χ4v) is 3.03. The fraction of sp³-hybridized carbons (Fsp3) is 0.385. The van der Waals surface area contributed by atoms with E-state index in [9.17, 15) is 9.18 Å². The van der Waals surface area contributed by atoms with Crippen LogP contribution in [0, 0.1) is 5.82 Å². The molecule has 5 nitrogen and oxygen atoms in total. The maximum atomic E-state index is 13.5. The third kappa shape index (κ3) is 3.48. The number of hydrogen-bond acceptors (Lipinski definition) is 4. The van der Waals surface area contributed by atoms with Gasteiger partial charge in [-0.3, -0.25) is 4.79 Å². The number of thioether (sulfide) groups is 1. The largest absolute Gasteiger partial charge is 0.481 e. The molecule has 8 heteroatoms. The summed E-state index contributed by atoms with van der Waals surface area (Å²) in [5.74, 6) is -1.62. The van der Waals surface area contributed by atoms with Gasteiger partial charge in [-0.05, 0) is 13.0 Å². The number of carbonyl (C=O) groups is 1. The normalized spacial score (nSPS) is 12.8. The molecule has 0 aliphatic heterocycles. The molecule has 21 heavy (non-hydrogen) atoms. The molecule has 1 N–H and O–H groups in total. The molecule has 1 unspecified atom stereocenters. The van der Waals surface area contributed by atoms with E-state index in [2.05, 4.69) is 4.98 Å². The smallest absolute Gasteiger partial charge is 0.313 e. The maximum absolute atomic E-state index is 13.5. The lowest BCUT2D eigenvalue weighted by Gasteiger charge is -2.16. The Balaban J connectivity index is 2.54. The zero-order chi connectivity index (χ0) is 15.6. The van der Waals surface area contributed by atoms with Crippen molar-refractivity contribution in [3.63, 3.8) is 0 Å². The zero-order valence-electron chi connectivity index (χ0n) is 11.5. The lowest BCUT2D eigenvalue weighted by Crippen LogP contribution is -2.12. The Hall–Kier alpha value is -1.31. The SMILES string of the molecule is COCC(C)n1c(SCC(=O)O)nc2cc(F)c(Cl)cc21. The Bertz CT molecular complexity index is 677. The Kier molecular flexibility index (Phi) is 5.08. The number of nitrogens with zero attached hydrogens (tertiary/aromatic N) is 2. The van der Waals surface area contributed by atoms with Gasteiger partial charge in [-0.2, -0.15) is 0 Å². The minimum atomic E-state index is -0.942. The Morgan fingerprint density at radius 2 is 2.33 bits per heavy atom. The number of methoxy groups -OCH3 is 1. The molecule has 0 aliphatic carbocycles. The van der Waals surface area contributed by atoms with Crippen molar-refractivity contribution in [2.45, 2.75) is 18.1 Å². The van der Waals surface area contributed by atoms with Crippen molar-refractivity contribution in [3.05, 3.63) is 23.0 Å². The van der Waals surface area contributed by atoms with Crippen molar-refractivity contribution >= 4 is 40.4 Å². The van der Waals surface area contributed by atoms with Gasteiger partial charge in [0, 0.05) is 13.2 Å². The minimum absolute atomic E-state index is 0.00283. The van der Waals surface area contributed by atoms with Crippen molar-refractivity contribution in [1.82, 2.24) is 9.55 Å². The van der Waals surface area contributed by atoms with Crippen LogP contribution < -0.4 is 0 Å². The molecule has 1 heterocycles. The first-order valence-electron chi connectivity index (χ1n) is 6.14. The van der Waals surface area contributed by atoms with Crippen LogP contribution in [0.4, 0.5) is 4.39 Å². The number of carboxylic acids is 1. The molecule has 0 spiro atoms. The quantitative estimate of drug-likeness (QED) is 0.823. The highest BCUT2D eigenvalue weighted by Gasteiger charge is 2.19. The van der Waals surface area contributed by atoms with Crippen molar-refractivity contribution in [1.29, 1.82) is 0 Å². The molecule has 0 aliphatic rings. The number of imidazole rings is 1. The number of hydrogen-bond donors (Lipinski definition) is 1. The van der Waals surface area contributed by atoms with Gasteiger partial charge < -0.3 is 14.4 Å². The van der Waals surface area contributed by atoms with E-state index >= 15 is 0 Å². The lowest BCUT2D eigenvalue weighted by atomic mass is 10.2. The summed E-state index contributed by atoms with van der Waals surface area (Å²) in [6.45, 7) is 2.33. The number of halogens is 2. The van der Waals surface area contributed by atoms with E-state index in [4.69, 9.17) is 21.4 Å². The summed E-state index contributed by atoms with van der Waals surface area (Å²) in [5, 5.41) is 9.31. The molecule has 1 aromatic heterocycles. The number of aliphatic carboxylic acids is 1. The third-order valence-electron chi connectivity index (χ3n) is 2.87. The van der Waals surface area contributed by atoms with Crippen LogP contribution in [0.2, 0.25) is 5.02 Å². The highest BCUT2D eigenvalue weighted by molar-refractivity contribution is 7.99. The monoisotopic (exact) mass is 332 g/mol. The van der Waals surface area contributed by atoms with E-state index in [0.29, 0.717) is 22.8 Å². The first-order chi connectivity index (χ1) is 9.93. The summed E-state index contributed by atoms with van der Waals surface area (Å²) in [6, 6.07) is 2.66. The second-order valence-corrected chi connectivity index (χ2v) is 5.86. The van der Waals surface area contributed by atoms with Crippen molar-refractivity contribution in [3.8, 4) is 0 Å². The van der Waals surface area contributed by atoms with Gasteiger partial charge in [0.1, 0.15) is 5.82 Å². The number of ether oxygens (including phenoxy) is 1. The van der Waals surface area contributed by atoms with Gasteiger partial charge in [-0.25, -0.2) is 9.37 Å². The summed E-state index contributed by atoms with van der Waals surface area (Å²) in [5.41, 5.74) is 1.09. The van der Waals surface area contributed by atoms with Gasteiger partial charge in [0.15, 0.2) is 5.16 Å². The average Bonchev–Trinajstić information content (AvgIpc) is 2.75. The van der Waals surface area contributed by atoms with Crippen LogP contribution in [0.1, 0.15) is 13.0 Å². The van der Waals surface area contributed by atoms with Crippen LogP contribution in [-0.2, 0) is 9.53 Å². The molecule has 0 bridgehead atoms. The number of carboxylic acid groups (broad SMARTS) is 1. The van der Waals surface area contributed by atoms with Gasteiger partial charge >= 0.3 is 5.97 Å². The molecule has 1 atom stereocenters. The van der Waals surface area contributed by atoms with Crippen molar-refractivity contribution in [2.75, 3.05) is 19.5 Å². The molecular formula is C13H14ClFN2O3S. The maximum Gasteiger partial charge on any atom is 0.313 e. The van der Waals surface area contributed by atoms with E-state index in [0.717, 1.165) is 11.8 Å². The van der Waals surface area contributed by atoms with Crippen molar-refractivity contribution < 1.29 is 19.0 Å².